The van der Waals surface area contributed by atoms with E-state index in [4.69, 9.17) is 0 Å². The van der Waals surface area contributed by atoms with E-state index in [0.717, 1.165) is 37.1 Å². The van der Waals surface area contributed by atoms with Gasteiger partial charge in [-0.15, -0.1) is 0 Å². The normalized spacial score (nSPS) is 31.9. The second-order valence-corrected chi connectivity index (χ2v) is 10.1. The van der Waals surface area contributed by atoms with Gasteiger partial charge in [0.25, 0.3) is 0 Å². The molecule has 2 heterocycles. The molecule has 0 radical (unpaired) electrons. The van der Waals surface area contributed by atoms with Crippen molar-refractivity contribution in [3.8, 4) is 0 Å². The molecule has 180 valence electrons. The van der Waals surface area contributed by atoms with Crippen molar-refractivity contribution >= 4 is 23.3 Å². The van der Waals surface area contributed by atoms with Crippen molar-refractivity contribution < 1.29 is 22.8 Å². The van der Waals surface area contributed by atoms with Crippen LogP contribution in [0.3, 0.4) is 0 Å². The highest BCUT2D eigenvalue weighted by Gasteiger charge is 2.53. The predicted octanol–water partition coefficient (Wildman–Crippen LogP) is 2.99. The second kappa shape index (κ2) is 8.29. The minimum Gasteiger partial charge on any atom is -0.382 e. The molecule has 4 N–H and O–H groups in total. The first-order chi connectivity index (χ1) is 15.7. The van der Waals surface area contributed by atoms with Gasteiger partial charge in [-0.25, -0.2) is 4.79 Å². The molecule has 3 amide bonds. The fourth-order valence-corrected chi connectivity index (χ4v) is 5.89. The summed E-state index contributed by atoms with van der Waals surface area (Å²) in [5.74, 6) is -1.30. The topological polar surface area (TPSA) is 85.5 Å². The van der Waals surface area contributed by atoms with Crippen molar-refractivity contribution in [2.45, 2.75) is 62.8 Å². The summed E-state index contributed by atoms with van der Waals surface area (Å²) in [6.07, 6.45) is 0.289. The van der Waals surface area contributed by atoms with Crippen LogP contribution in [0.25, 0.3) is 0 Å². The van der Waals surface area contributed by atoms with E-state index >= 15 is 0 Å². The van der Waals surface area contributed by atoms with E-state index in [1.165, 1.54) is 0 Å². The number of urea groups is 1. The number of hydrogen-bond donors (Lipinski definition) is 4. The number of benzene rings is 1. The van der Waals surface area contributed by atoms with Crippen LogP contribution in [0.4, 0.5) is 29.3 Å². The Balaban J connectivity index is 1.03. The molecule has 2 saturated heterocycles. The van der Waals surface area contributed by atoms with Gasteiger partial charge in [0.15, 0.2) is 0 Å². The summed E-state index contributed by atoms with van der Waals surface area (Å²) in [6.45, 7) is 1.20. The molecule has 2 aliphatic heterocycles. The van der Waals surface area contributed by atoms with Crippen molar-refractivity contribution in [3.63, 3.8) is 0 Å². The third-order valence-corrected chi connectivity index (χ3v) is 7.71. The molecule has 2 aliphatic carbocycles. The Kier molecular flexibility index (Phi) is 5.56. The minimum atomic E-state index is -4.09. The van der Waals surface area contributed by atoms with E-state index in [2.05, 4.69) is 21.3 Å². The average molecular weight is 466 g/mol. The first kappa shape index (κ1) is 22.2. The van der Waals surface area contributed by atoms with E-state index in [-0.39, 0.29) is 30.8 Å². The fourth-order valence-electron chi connectivity index (χ4n) is 5.89. The summed E-state index contributed by atoms with van der Waals surface area (Å²) in [5, 5.41) is 11.8. The number of carbonyl (C=O) groups is 2. The molecule has 4 aliphatic rings. The zero-order valence-corrected chi connectivity index (χ0v) is 18.4. The Hall–Kier alpha value is -2.65. The summed E-state index contributed by atoms with van der Waals surface area (Å²) in [6, 6.07) is 7.77. The number of nitrogens with zero attached hydrogens (tertiary/aromatic N) is 1. The summed E-state index contributed by atoms with van der Waals surface area (Å²) >= 11 is 0. The summed E-state index contributed by atoms with van der Waals surface area (Å²) in [5.41, 5.74) is 2.30. The van der Waals surface area contributed by atoms with Crippen molar-refractivity contribution in [2.75, 3.05) is 29.9 Å². The lowest BCUT2D eigenvalue weighted by Gasteiger charge is -2.58. The van der Waals surface area contributed by atoms with Crippen LogP contribution in [0.15, 0.2) is 24.3 Å². The zero-order chi connectivity index (χ0) is 23.2. The molecule has 5 rings (SSSR count). The molecule has 2 saturated carbocycles. The largest absolute Gasteiger partial charge is 0.391 e. The smallest absolute Gasteiger partial charge is 0.382 e. The number of halogens is 3. The first-order valence-electron chi connectivity index (χ1n) is 11.7. The molecule has 1 atom stereocenters. The Morgan fingerprint density at radius 2 is 1.67 bits per heavy atom. The minimum absolute atomic E-state index is 0.120. The number of hydrogen-bond acceptors (Lipinski definition) is 4. The number of rotatable bonds is 5. The highest BCUT2D eigenvalue weighted by molar-refractivity contribution is 5.90. The van der Waals surface area contributed by atoms with Gasteiger partial charge in [-0.05, 0) is 68.2 Å². The maximum atomic E-state index is 12.9. The third kappa shape index (κ3) is 4.70. The van der Waals surface area contributed by atoms with Crippen molar-refractivity contribution in [1.29, 1.82) is 0 Å². The van der Waals surface area contributed by atoms with Crippen LogP contribution in [-0.2, 0) is 4.79 Å². The predicted molar refractivity (Wildman–Crippen MR) is 118 cm³/mol. The highest BCUT2D eigenvalue weighted by atomic mass is 19.4. The van der Waals surface area contributed by atoms with Crippen molar-refractivity contribution in [3.05, 3.63) is 24.3 Å². The van der Waals surface area contributed by atoms with Crippen LogP contribution in [0.1, 0.15) is 38.5 Å². The molecule has 33 heavy (non-hydrogen) atoms. The van der Waals surface area contributed by atoms with E-state index < -0.39 is 18.1 Å². The lowest BCUT2D eigenvalue weighted by atomic mass is 9.52. The van der Waals surface area contributed by atoms with E-state index in [1.54, 1.807) is 0 Å². The third-order valence-electron chi connectivity index (χ3n) is 7.71. The summed E-state index contributed by atoms with van der Waals surface area (Å²) in [7, 11) is 0. The van der Waals surface area contributed by atoms with Gasteiger partial charge in [0.05, 0.1) is 5.92 Å². The lowest BCUT2D eigenvalue weighted by Crippen LogP contribution is -2.60. The number of nitrogens with one attached hydrogen (secondary N) is 4. The molecule has 1 aromatic rings. The molecule has 1 spiro atoms. The Bertz CT molecular complexity index is 884. The van der Waals surface area contributed by atoms with E-state index in [9.17, 15) is 22.8 Å². The fraction of sp³-hybridized carbons (Fsp3) is 0.652. The average Bonchev–Trinajstić information content (AvgIpc) is 3.17. The van der Waals surface area contributed by atoms with Gasteiger partial charge in [0.2, 0.25) is 5.91 Å². The molecule has 4 fully saturated rings. The van der Waals surface area contributed by atoms with Crippen molar-refractivity contribution in [2.24, 2.45) is 11.3 Å². The lowest BCUT2D eigenvalue weighted by molar-refractivity contribution is -0.179. The van der Waals surface area contributed by atoms with Gasteiger partial charge in [-0.1, -0.05) is 0 Å². The van der Waals surface area contributed by atoms with Crippen LogP contribution < -0.4 is 26.2 Å². The summed E-state index contributed by atoms with van der Waals surface area (Å²) < 4.78 is 38.6. The van der Waals surface area contributed by atoms with Gasteiger partial charge >= 0.3 is 12.2 Å². The molecule has 7 nitrogen and oxygen atoms in total. The number of anilines is 2. The van der Waals surface area contributed by atoms with Crippen LogP contribution in [0, 0.1) is 11.3 Å². The Labute approximate surface area is 190 Å². The Morgan fingerprint density at radius 1 is 1.03 bits per heavy atom. The molecule has 0 aromatic heterocycles. The quantitative estimate of drug-likeness (QED) is 0.539. The van der Waals surface area contributed by atoms with Gasteiger partial charge < -0.3 is 26.2 Å². The standard InChI is InChI=1S/C23H30F3N5O2/c24-23(25,26)14-5-7-31(8-6-14)18-3-1-15(2-4-18)28-16-9-22(10-16)11-17(12-22)29-20(32)19-13-27-21(33)30-19/h1-4,14,16-17,19,28H,5-13H2,(H,29,32)(H2,27,30,33). The molecule has 1 aromatic carbocycles. The molecule has 1 unspecified atom stereocenters. The van der Waals surface area contributed by atoms with Crippen LogP contribution >= 0.6 is 0 Å². The van der Waals surface area contributed by atoms with Gasteiger partial charge in [-0.2, -0.15) is 13.2 Å². The molecular weight excluding hydrogens is 435 g/mol. The van der Waals surface area contributed by atoms with Gasteiger partial charge in [-0.3, -0.25) is 4.79 Å². The van der Waals surface area contributed by atoms with Gasteiger partial charge in [0.1, 0.15) is 6.04 Å². The monoisotopic (exact) mass is 465 g/mol. The number of carbonyl (C=O) groups excluding carboxylic acids is 2. The van der Waals surface area contributed by atoms with E-state index in [0.29, 0.717) is 31.1 Å². The van der Waals surface area contributed by atoms with Crippen LogP contribution in [0.5, 0.6) is 0 Å². The van der Waals surface area contributed by atoms with Crippen molar-refractivity contribution in [1.82, 2.24) is 16.0 Å². The maximum absolute atomic E-state index is 12.9. The zero-order valence-electron chi connectivity index (χ0n) is 18.4. The molecule has 10 heteroatoms. The van der Waals surface area contributed by atoms with E-state index in [1.807, 2.05) is 29.2 Å². The molecular formula is C23H30F3N5O2. The maximum Gasteiger partial charge on any atom is 0.391 e. The first-order valence-corrected chi connectivity index (χ1v) is 11.7. The number of amides is 3. The van der Waals surface area contributed by atoms with Crippen LogP contribution in [0.2, 0.25) is 0 Å². The molecule has 0 bridgehead atoms. The Morgan fingerprint density at radius 3 is 2.24 bits per heavy atom. The van der Waals surface area contributed by atoms with Gasteiger partial charge in [0, 0.05) is 43.1 Å². The highest BCUT2D eigenvalue weighted by Crippen LogP contribution is 2.56. The number of alkyl halides is 3. The SMILES string of the molecule is O=C1NCC(C(=O)NC2CC3(C2)CC(Nc2ccc(N4CCC(C(F)(F)F)CC4)cc2)C3)N1. The van der Waals surface area contributed by atoms with Crippen LogP contribution in [-0.4, -0.2) is 55.9 Å². The summed E-state index contributed by atoms with van der Waals surface area (Å²) in [4.78, 5) is 25.4. The second-order valence-electron chi connectivity index (χ2n) is 10.1. The number of piperidine rings is 1.